The third-order valence-corrected chi connectivity index (χ3v) is 3.68. The summed E-state index contributed by atoms with van der Waals surface area (Å²) >= 11 is 9.32. The van der Waals surface area contributed by atoms with Gasteiger partial charge in [-0.1, -0.05) is 28.1 Å². The van der Waals surface area contributed by atoms with Crippen molar-refractivity contribution >= 4 is 39.9 Å². The van der Waals surface area contributed by atoms with Crippen LogP contribution in [-0.4, -0.2) is 10.7 Å². The standard InChI is InChI=1S/C11H10BrNS2/c12-9-3-1-8(2-4-9)10-7-15-11(13-10)5-6-14/h1-4,7,14H,5-6H2. The van der Waals surface area contributed by atoms with Crippen LogP contribution in [0.2, 0.25) is 0 Å². The Labute approximate surface area is 107 Å². The van der Waals surface area contributed by atoms with Gasteiger partial charge in [0.25, 0.3) is 0 Å². The van der Waals surface area contributed by atoms with Gasteiger partial charge in [0.1, 0.15) is 0 Å². The van der Waals surface area contributed by atoms with Crippen LogP contribution in [-0.2, 0) is 6.42 Å². The van der Waals surface area contributed by atoms with Crippen molar-refractivity contribution in [1.82, 2.24) is 4.98 Å². The number of hydrogen-bond donors (Lipinski definition) is 1. The van der Waals surface area contributed by atoms with Gasteiger partial charge in [-0.25, -0.2) is 4.98 Å². The highest BCUT2D eigenvalue weighted by Gasteiger charge is 2.03. The number of thiol groups is 1. The summed E-state index contributed by atoms with van der Waals surface area (Å²) in [4.78, 5) is 4.55. The molecule has 0 radical (unpaired) electrons. The SMILES string of the molecule is SCCc1nc(-c2ccc(Br)cc2)cs1. The molecule has 0 saturated carbocycles. The van der Waals surface area contributed by atoms with Gasteiger partial charge in [-0.15, -0.1) is 11.3 Å². The van der Waals surface area contributed by atoms with Crippen LogP contribution in [0.4, 0.5) is 0 Å². The molecule has 0 amide bonds. The normalized spacial score (nSPS) is 10.5. The molecule has 1 aromatic carbocycles. The lowest BCUT2D eigenvalue weighted by atomic mass is 10.2. The first kappa shape index (κ1) is 11.2. The molecule has 15 heavy (non-hydrogen) atoms. The first-order valence-electron chi connectivity index (χ1n) is 4.61. The molecule has 2 aromatic rings. The first-order valence-corrected chi connectivity index (χ1v) is 6.91. The van der Waals surface area contributed by atoms with Crippen LogP contribution in [0.25, 0.3) is 11.3 Å². The quantitative estimate of drug-likeness (QED) is 0.844. The van der Waals surface area contributed by atoms with E-state index < -0.39 is 0 Å². The molecular formula is C11H10BrNS2. The van der Waals surface area contributed by atoms with Gasteiger partial charge in [-0.05, 0) is 17.9 Å². The molecule has 0 aliphatic carbocycles. The average Bonchev–Trinajstić information content (AvgIpc) is 2.68. The molecule has 1 heterocycles. The van der Waals surface area contributed by atoms with E-state index in [-0.39, 0.29) is 0 Å². The molecule has 1 aromatic heterocycles. The second-order valence-electron chi connectivity index (χ2n) is 3.11. The fourth-order valence-corrected chi connectivity index (χ4v) is 2.71. The fourth-order valence-electron chi connectivity index (χ4n) is 1.27. The van der Waals surface area contributed by atoms with E-state index in [1.54, 1.807) is 11.3 Å². The van der Waals surface area contributed by atoms with Crippen LogP contribution in [0, 0.1) is 0 Å². The topological polar surface area (TPSA) is 12.9 Å². The smallest absolute Gasteiger partial charge is 0.0940 e. The van der Waals surface area contributed by atoms with E-state index in [0.717, 1.165) is 27.3 Å². The minimum atomic E-state index is 0.854. The van der Waals surface area contributed by atoms with Crippen LogP contribution in [0.15, 0.2) is 34.1 Å². The molecule has 78 valence electrons. The Hall–Kier alpha value is -0.320. The maximum Gasteiger partial charge on any atom is 0.0940 e. The van der Waals surface area contributed by atoms with Crippen LogP contribution in [0.5, 0.6) is 0 Å². The lowest BCUT2D eigenvalue weighted by Gasteiger charge is -1.96. The minimum Gasteiger partial charge on any atom is -0.241 e. The number of benzene rings is 1. The van der Waals surface area contributed by atoms with Crippen molar-refractivity contribution in [3.8, 4) is 11.3 Å². The largest absolute Gasteiger partial charge is 0.241 e. The number of nitrogens with zero attached hydrogens (tertiary/aromatic N) is 1. The van der Waals surface area contributed by atoms with Gasteiger partial charge in [0.2, 0.25) is 0 Å². The third-order valence-electron chi connectivity index (χ3n) is 2.02. The van der Waals surface area contributed by atoms with Crippen molar-refractivity contribution in [3.63, 3.8) is 0 Å². The summed E-state index contributed by atoms with van der Waals surface area (Å²) in [5.74, 6) is 0.854. The lowest BCUT2D eigenvalue weighted by Crippen LogP contribution is -1.84. The molecule has 2 rings (SSSR count). The van der Waals surface area contributed by atoms with E-state index in [1.807, 2.05) is 12.1 Å². The Morgan fingerprint density at radius 1 is 1.27 bits per heavy atom. The van der Waals surface area contributed by atoms with Gasteiger partial charge in [0, 0.05) is 21.8 Å². The molecule has 1 nitrogen and oxygen atoms in total. The molecule has 0 bridgehead atoms. The van der Waals surface area contributed by atoms with Gasteiger partial charge in [0.05, 0.1) is 10.7 Å². The molecule has 0 spiro atoms. The lowest BCUT2D eigenvalue weighted by molar-refractivity contribution is 1.11. The predicted octanol–water partition coefficient (Wildman–Crippen LogP) is 4.04. The summed E-state index contributed by atoms with van der Waals surface area (Å²) in [7, 11) is 0. The maximum absolute atomic E-state index is 4.55. The van der Waals surface area contributed by atoms with Crippen molar-refractivity contribution in [1.29, 1.82) is 0 Å². The molecule has 0 aliphatic rings. The predicted molar refractivity (Wildman–Crippen MR) is 72.8 cm³/mol. The van der Waals surface area contributed by atoms with E-state index in [1.165, 1.54) is 5.56 Å². The van der Waals surface area contributed by atoms with Crippen LogP contribution >= 0.6 is 39.9 Å². The second-order valence-corrected chi connectivity index (χ2v) is 5.41. The summed E-state index contributed by atoms with van der Waals surface area (Å²) in [6.07, 6.45) is 0.949. The highest BCUT2D eigenvalue weighted by Crippen LogP contribution is 2.23. The highest BCUT2D eigenvalue weighted by molar-refractivity contribution is 9.10. The number of aryl methyl sites for hydroxylation is 1. The molecular weight excluding hydrogens is 290 g/mol. The van der Waals surface area contributed by atoms with Crippen LogP contribution in [0.3, 0.4) is 0 Å². The minimum absolute atomic E-state index is 0.854. The molecule has 0 fully saturated rings. The number of hydrogen-bond acceptors (Lipinski definition) is 3. The zero-order chi connectivity index (χ0) is 10.7. The van der Waals surface area contributed by atoms with Crippen molar-refractivity contribution in [2.45, 2.75) is 6.42 Å². The van der Waals surface area contributed by atoms with E-state index in [4.69, 9.17) is 0 Å². The van der Waals surface area contributed by atoms with Gasteiger partial charge < -0.3 is 0 Å². The summed E-state index contributed by atoms with van der Waals surface area (Å²) in [6.45, 7) is 0. The average molecular weight is 300 g/mol. The molecule has 0 N–H and O–H groups in total. The Balaban J connectivity index is 2.25. The summed E-state index contributed by atoms with van der Waals surface area (Å²) in [5, 5.41) is 3.25. The highest BCUT2D eigenvalue weighted by atomic mass is 79.9. The maximum atomic E-state index is 4.55. The summed E-state index contributed by atoms with van der Waals surface area (Å²) < 4.78 is 1.09. The Bertz CT molecular complexity index is 436. The molecule has 0 atom stereocenters. The molecule has 4 heteroatoms. The third kappa shape index (κ3) is 2.83. The molecule has 0 saturated heterocycles. The second kappa shape index (κ2) is 5.14. The van der Waals surface area contributed by atoms with E-state index in [2.05, 4.69) is 51.1 Å². The molecule has 0 aliphatic heterocycles. The summed E-state index contributed by atoms with van der Waals surface area (Å²) in [6, 6.07) is 8.22. The van der Waals surface area contributed by atoms with Gasteiger partial charge in [-0.2, -0.15) is 12.6 Å². The zero-order valence-electron chi connectivity index (χ0n) is 7.98. The zero-order valence-corrected chi connectivity index (χ0v) is 11.3. The molecule has 0 unspecified atom stereocenters. The first-order chi connectivity index (χ1) is 7.29. The summed E-state index contributed by atoms with van der Waals surface area (Å²) in [5.41, 5.74) is 2.23. The van der Waals surface area contributed by atoms with Crippen LogP contribution < -0.4 is 0 Å². The number of rotatable bonds is 3. The van der Waals surface area contributed by atoms with Crippen molar-refractivity contribution in [2.75, 3.05) is 5.75 Å². The van der Waals surface area contributed by atoms with E-state index in [9.17, 15) is 0 Å². The van der Waals surface area contributed by atoms with Gasteiger partial charge in [-0.3, -0.25) is 0 Å². The number of thiazole rings is 1. The Morgan fingerprint density at radius 2 is 2.00 bits per heavy atom. The van der Waals surface area contributed by atoms with E-state index in [0.29, 0.717) is 0 Å². The Morgan fingerprint density at radius 3 is 2.67 bits per heavy atom. The van der Waals surface area contributed by atoms with E-state index >= 15 is 0 Å². The van der Waals surface area contributed by atoms with Crippen molar-refractivity contribution in [3.05, 3.63) is 39.1 Å². The van der Waals surface area contributed by atoms with Crippen molar-refractivity contribution in [2.24, 2.45) is 0 Å². The number of halogens is 1. The Kier molecular flexibility index (Phi) is 3.83. The monoisotopic (exact) mass is 299 g/mol. The number of aromatic nitrogens is 1. The van der Waals surface area contributed by atoms with Crippen LogP contribution in [0.1, 0.15) is 5.01 Å². The van der Waals surface area contributed by atoms with Gasteiger partial charge >= 0.3 is 0 Å². The fraction of sp³-hybridized carbons (Fsp3) is 0.182. The van der Waals surface area contributed by atoms with Gasteiger partial charge in [0.15, 0.2) is 0 Å². The van der Waals surface area contributed by atoms with Crippen molar-refractivity contribution < 1.29 is 0 Å².